The summed E-state index contributed by atoms with van der Waals surface area (Å²) in [4.78, 5) is 5.31. The summed E-state index contributed by atoms with van der Waals surface area (Å²) in [5.41, 5.74) is 2.43. The van der Waals surface area contributed by atoms with Crippen molar-refractivity contribution in [3.8, 4) is 10.4 Å². The first-order valence-corrected chi connectivity index (χ1v) is 6.27. The molecule has 0 amide bonds. The molecule has 0 saturated carbocycles. The van der Waals surface area contributed by atoms with Crippen molar-refractivity contribution >= 4 is 37.3 Å². The maximum absolute atomic E-state index is 4.04. The molecule has 2 aromatic rings. The summed E-state index contributed by atoms with van der Waals surface area (Å²) in [6, 6.07) is 12.6. The van der Waals surface area contributed by atoms with E-state index in [9.17, 15) is 0 Å². The second kappa shape index (κ2) is 4.75. The molecule has 1 heterocycles. The van der Waals surface area contributed by atoms with Gasteiger partial charge in [-0.1, -0.05) is 0 Å². The quantitative estimate of drug-likeness (QED) is 0.590. The first-order valence-electron chi connectivity index (χ1n) is 4.59. The minimum atomic E-state index is 1.17. The Morgan fingerprint density at radius 1 is 1.27 bits per heavy atom. The SMILES string of the molecule is CN=Cc1cc(-c2ccccc2)sc1[Se]. The fourth-order valence-electron chi connectivity index (χ4n) is 1.36. The van der Waals surface area contributed by atoms with Crippen molar-refractivity contribution in [2.45, 2.75) is 0 Å². The van der Waals surface area contributed by atoms with Crippen LogP contribution in [0.4, 0.5) is 0 Å². The van der Waals surface area contributed by atoms with Gasteiger partial charge in [0.15, 0.2) is 0 Å². The molecule has 3 heteroatoms. The molecule has 0 fully saturated rings. The van der Waals surface area contributed by atoms with Gasteiger partial charge in [0.25, 0.3) is 0 Å². The number of benzene rings is 1. The first kappa shape index (κ1) is 10.6. The van der Waals surface area contributed by atoms with Gasteiger partial charge in [-0.3, -0.25) is 0 Å². The molecule has 0 aliphatic carbocycles. The fourth-order valence-corrected chi connectivity index (χ4v) is 3.03. The Kier molecular flexibility index (Phi) is 3.37. The van der Waals surface area contributed by atoms with Crippen LogP contribution >= 0.6 is 11.3 Å². The van der Waals surface area contributed by atoms with Crippen molar-refractivity contribution in [2.24, 2.45) is 4.99 Å². The zero-order chi connectivity index (χ0) is 10.7. The van der Waals surface area contributed by atoms with E-state index in [0.29, 0.717) is 0 Å². The number of hydrogen-bond acceptors (Lipinski definition) is 2. The van der Waals surface area contributed by atoms with Crippen LogP contribution in [0.25, 0.3) is 10.4 Å². The van der Waals surface area contributed by atoms with Crippen molar-refractivity contribution in [1.82, 2.24) is 0 Å². The van der Waals surface area contributed by atoms with Crippen LogP contribution in [0, 0.1) is 0 Å². The van der Waals surface area contributed by atoms with Crippen molar-refractivity contribution in [2.75, 3.05) is 7.05 Å². The number of hydrogen-bond donors (Lipinski definition) is 0. The molecule has 0 spiro atoms. The standard InChI is InChI=1S/C12H10NSSe/c1-13-8-10-7-11(14-12(10)15)9-5-3-2-4-6-9/h2-8H,1H3. The van der Waals surface area contributed by atoms with Gasteiger partial charge in [0, 0.05) is 0 Å². The van der Waals surface area contributed by atoms with Crippen molar-refractivity contribution in [3.63, 3.8) is 0 Å². The number of nitrogens with zero attached hydrogens (tertiary/aromatic N) is 1. The number of rotatable bonds is 2. The van der Waals surface area contributed by atoms with Crippen LogP contribution in [0.5, 0.6) is 0 Å². The molecule has 75 valence electrons. The summed E-state index contributed by atoms with van der Waals surface area (Å²) in [7, 11) is 1.79. The summed E-state index contributed by atoms with van der Waals surface area (Å²) < 4.78 is 1.19. The van der Waals surface area contributed by atoms with E-state index in [-0.39, 0.29) is 0 Å². The molecule has 0 unspecified atom stereocenters. The zero-order valence-corrected chi connectivity index (χ0v) is 10.8. The van der Waals surface area contributed by atoms with Crippen LogP contribution in [-0.2, 0) is 0 Å². The molecule has 0 bridgehead atoms. The van der Waals surface area contributed by atoms with Crippen LogP contribution in [0.3, 0.4) is 0 Å². The Bertz CT molecular complexity index is 474. The van der Waals surface area contributed by atoms with Crippen molar-refractivity contribution in [3.05, 3.63) is 42.0 Å². The average molecular weight is 279 g/mol. The van der Waals surface area contributed by atoms with E-state index < -0.39 is 0 Å². The second-order valence-electron chi connectivity index (χ2n) is 3.11. The minimum absolute atomic E-state index is 1.17. The maximum atomic E-state index is 4.04. The first-order chi connectivity index (χ1) is 7.31. The van der Waals surface area contributed by atoms with Gasteiger partial charge in [0.05, 0.1) is 0 Å². The van der Waals surface area contributed by atoms with Gasteiger partial charge in [-0.2, -0.15) is 0 Å². The van der Waals surface area contributed by atoms with E-state index >= 15 is 0 Å². The van der Waals surface area contributed by atoms with Gasteiger partial charge in [-0.25, -0.2) is 0 Å². The van der Waals surface area contributed by atoms with Gasteiger partial charge in [-0.05, 0) is 0 Å². The van der Waals surface area contributed by atoms with Gasteiger partial charge >= 0.3 is 102 Å². The van der Waals surface area contributed by atoms with E-state index in [1.54, 1.807) is 18.4 Å². The van der Waals surface area contributed by atoms with E-state index in [4.69, 9.17) is 0 Å². The summed E-state index contributed by atoms with van der Waals surface area (Å²) in [6.45, 7) is 0. The molecule has 1 aromatic carbocycles. The Hall–Kier alpha value is -0.891. The fraction of sp³-hybridized carbons (Fsp3) is 0.0833. The zero-order valence-electron chi connectivity index (χ0n) is 8.31. The molecule has 0 N–H and O–H groups in total. The summed E-state index contributed by atoms with van der Waals surface area (Å²) >= 11 is 4.83. The van der Waals surface area contributed by atoms with Gasteiger partial charge in [0.1, 0.15) is 0 Å². The topological polar surface area (TPSA) is 12.4 Å². The Morgan fingerprint density at radius 2 is 2.00 bits per heavy atom. The molecule has 0 aliphatic heterocycles. The van der Waals surface area contributed by atoms with Crippen LogP contribution in [-0.4, -0.2) is 29.3 Å². The summed E-state index contributed by atoms with van der Waals surface area (Å²) in [6.07, 6.45) is 1.88. The molecular formula is C12H10NSSe. The third-order valence-electron chi connectivity index (χ3n) is 2.05. The van der Waals surface area contributed by atoms with Gasteiger partial charge < -0.3 is 0 Å². The van der Waals surface area contributed by atoms with E-state index in [2.05, 4.69) is 51.3 Å². The van der Waals surface area contributed by atoms with Crippen molar-refractivity contribution in [1.29, 1.82) is 0 Å². The summed E-state index contributed by atoms with van der Waals surface area (Å²) in [5, 5.41) is 0. The normalized spacial score (nSPS) is 11.0. The monoisotopic (exact) mass is 280 g/mol. The molecular weight excluding hydrogens is 269 g/mol. The van der Waals surface area contributed by atoms with Crippen LogP contribution in [0.15, 0.2) is 41.4 Å². The van der Waals surface area contributed by atoms with E-state index in [1.807, 2.05) is 12.3 Å². The molecule has 0 aliphatic rings. The second-order valence-corrected chi connectivity index (χ2v) is 5.60. The average Bonchev–Trinajstić information content (AvgIpc) is 2.63. The van der Waals surface area contributed by atoms with E-state index in [1.165, 1.54) is 19.8 Å². The Morgan fingerprint density at radius 3 is 2.67 bits per heavy atom. The van der Waals surface area contributed by atoms with Gasteiger partial charge in [0.2, 0.25) is 0 Å². The third kappa shape index (κ3) is 2.37. The van der Waals surface area contributed by atoms with E-state index in [0.717, 1.165) is 0 Å². The molecule has 2 rings (SSSR count). The molecule has 15 heavy (non-hydrogen) atoms. The molecule has 0 atom stereocenters. The number of aliphatic imine (C=N–C) groups is 1. The predicted molar refractivity (Wildman–Crippen MR) is 68.7 cm³/mol. The molecule has 0 saturated heterocycles. The molecule has 1 nitrogen and oxygen atoms in total. The van der Waals surface area contributed by atoms with Crippen molar-refractivity contribution < 1.29 is 0 Å². The van der Waals surface area contributed by atoms with Crippen LogP contribution in [0.2, 0.25) is 0 Å². The Labute approximate surface area is 102 Å². The third-order valence-corrected chi connectivity index (χ3v) is 4.07. The van der Waals surface area contributed by atoms with Gasteiger partial charge in [-0.15, -0.1) is 0 Å². The predicted octanol–water partition coefficient (Wildman–Crippen LogP) is 2.26. The molecule has 1 aromatic heterocycles. The summed E-state index contributed by atoms with van der Waals surface area (Å²) in [5.74, 6) is 0. The van der Waals surface area contributed by atoms with Crippen LogP contribution in [0.1, 0.15) is 5.56 Å². The molecule has 1 radical (unpaired) electrons. The number of thiophene rings is 1. The Balaban J connectivity index is 2.43. The van der Waals surface area contributed by atoms with Crippen LogP contribution < -0.4 is 3.78 Å².